The predicted molar refractivity (Wildman–Crippen MR) is 141 cm³/mol. The van der Waals surface area contributed by atoms with Crippen LogP contribution in [0.2, 0.25) is 0 Å². The Morgan fingerprint density at radius 2 is 2.13 bits per heavy atom. The Balaban J connectivity index is 1.29. The van der Waals surface area contributed by atoms with Gasteiger partial charge in [-0.25, -0.2) is 14.4 Å². The zero-order chi connectivity index (χ0) is 26.8. The number of anilines is 1. The Kier molecular flexibility index (Phi) is 8.44. The van der Waals surface area contributed by atoms with E-state index in [-0.39, 0.29) is 42.4 Å². The van der Waals surface area contributed by atoms with E-state index in [9.17, 15) is 15.0 Å². The van der Waals surface area contributed by atoms with Crippen LogP contribution in [0.1, 0.15) is 46.0 Å². The van der Waals surface area contributed by atoms with Crippen molar-refractivity contribution in [2.24, 2.45) is 16.8 Å². The molecule has 1 aromatic rings. The molecule has 0 radical (unpaired) electrons. The minimum Gasteiger partial charge on any atom is -0.388 e. The number of aliphatic imine (C=N–C) groups is 1. The topological polar surface area (TPSA) is 123 Å². The van der Waals surface area contributed by atoms with Gasteiger partial charge in [-0.05, 0) is 25.2 Å². The minimum absolute atomic E-state index is 0.0462. The zero-order valence-corrected chi connectivity index (χ0v) is 22.6. The molecular formula is C26H36FN5O5S. The van der Waals surface area contributed by atoms with Crippen LogP contribution in [0, 0.1) is 11.8 Å². The van der Waals surface area contributed by atoms with Gasteiger partial charge in [0.15, 0.2) is 17.2 Å². The Bertz CT molecular complexity index is 1080. The van der Waals surface area contributed by atoms with Crippen LogP contribution in [0.5, 0.6) is 0 Å². The summed E-state index contributed by atoms with van der Waals surface area (Å²) in [5.74, 6) is 0.508. The second kappa shape index (κ2) is 11.8. The largest absolute Gasteiger partial charge is 0.388 e. The van der Waals surface area contributed by atoms with Gasteiger partial charge in [0.2, 0.25) is 5.91 Å². The number of epoxide rings is 1. The van der Waals surface area contributed by atoms with Crippen LogP contribution in [0.15, 0.2) is 40.0 Å². The van der Waals surface area contributed by atoms with Gasteiger partial charge in [-0.3, -0.25) is 9.69 Å². The van der Waals surface area contributed by atoms with Crippen LogP contribution >= 0.6 is 11.3 Å². The number of carbonyl (C=O) groups is 1. The lowest BCUT2D eigenvalue weighted by Crippen LogP contribution is -2.54. The van der Waals surface area contributed by atoms with Crippen molar-refractivity contribution in [2.45, 2.75) is 70.6 Å². The number of hydrogen-bond acceptors (Lipinski definition) is 9. The number of thiazole rings is 1. The quantitative estimate of drug-likeness (QED) is 0.402. The van der Waals surface area contributed by atoms with E-state index in [1.165, 1.54) is 11.3 Å². The maximum atomic E-state index is 15.3. The number of rotatable bonds is 9. The lowest BCUT2D eigenvalue weighted by Gasteiger charge is -2.41. The molecule has 0 spiro atoms. The second-order valence-corrected chi connectivity index (χ2v) is 11.3. The first-order valence-electron chi connectivity index (χ1n) is 13.4. The minimum atomic E-state index is -0.942. The predicted octanol–water partition coefficient (Wildman–Crippen LogP) is 2.52. The van der Waals surface area contributed by atoms with Crippen molar-refractivity contribution in [3.05, 3.63) is 35.0 Å². The van der Waals surface area contributed by atoms with Crippen molar-refractivity contribution in [1.29, 1.82) is 0 Å². The molecule has 0 bridgehead atoms. The molecule has 1 amide bonds. The molecule has 10 nitrogen and oxygen atoms in total. The number of allylic oxidation sites excluding steroid dienone is 1. The third kappa shape index (κ3) is 6.09. The number of nitrogens with one attached hydrogen (secondary N) is 1. The molecule has 208 valence electrons. The molecule has 5 rings (SSSR count). The van der Waals surface area contributed by atoms with Crippen LogP contribution < -0.4 is 10.2 Å². The first-order chi connectivity index (χ1) is 18.3. The maximum Gasteiger partial charge on any atom is 0.226 e. The first-order valence-corrected chi connectivity index (χ1v) is 14.2. The molecule has 0 saturated carbocycles. The van der Waals surface area contributed by atoms with Gasteiger partial charge in [0.1, 0.15) is 17.8 Å². The van der Waals surface area contributed by atoms with Gasteiger partial charge in [-0.2, -0.15) is 0 Å². The molecule has 5 heterocycles. The standard InChI is InChI=1S/C26H36FN5O5S/c1-3-4-19(27)23(31-11-16(12-31)24(34)29-10-17-6-5-15(2)14-36-17)30-21-9-20(33)18(22-25(35)37-22)13-32(21)26-28-7-8-38-26/h7-8,13,15-17,20,22,25,33,35H,3-6,9-12,14H2,1-2H3,(H,29,34)/b23-19-,30-21+. The van der Waals surface area contributed by atoms with Crippen molar-refractivity contribution < 1.29 is 28.9 Å². The third-order valence-corrected chi connectivity index (χ3v) is 8.11. The molecule has 38 heavy (non-hydrogen) atoms. The average Bonchev–Trinajstić information content (AvgIpc) is 3.34. The van der Waals surface area contributed by atoms with E-state index in [0.717, 1.165) is 19.4 Å². The van der Waals surface area contributed by atoms with E-state index in [2.05, 4.69) is 17.2 Å². The Morgan fingerprint density at radius 1 is 1.34 bits per heavy atom. The van der Waals surface area contributed by atoms with E-state index in [0.29, 0.717) is 48.5 Å². The number of ether oxygens (including phenoxy) is 2. The van der Waals surface area contributed by atoms with Gasteiger partial charge >= 0.3 is 0 Å². The number of amides is 1. The van der Waals surface area contributed by atoms with Gasteiger partial charge in [0.25, 0.3) is 0 Å². The highest BCUT2D eigenvalue weighted by molar-refractivity contribution is 7.13. The monoisotopic (exact) mass is 549 g/mol. The maximum absolute atomic E-state index is 15.3. The number of halogens is 1. The summed E-state index contributed by atoms with van der Waals surface area (Å²) in [6.07, 6.45) is 3.91. The van der Waals surface area contributed by atoms with E-state index >= 15 is 4.39 Å². The molecule has 3 fully saturated rings. The molecule has 0 aromatic carbocycles. The van der Waals surface area contributed by atoms with Crippen LogP contribution in [-0.4, -0.2) is 82.7 Å². The van der Waals surface area contributed by atoms with E-state index in [4.69, 9.17) is 14.5 Å². The van der Waals surface area contributed by atoms with Crippen molar-refractivity contribution in [1.82, 2.24) is 15.2 Å². The van der Waals surface area contributed by atoms with Crippen LogP contribution in [0.4, 0.5) is 9.52 Å². The smallest absolute Gasteiger partial charge is 0.226 e. The zero-order valence-electron chi connectivity index (χ0n) is 21.8. The summed E-state index contributed by atoms with van der Waals surface area (Å²) in [4.78, 5) is 25.3. The van der Waals surface area contributed by atoms with Crippen molar-refractivity contribution >= 4 is 28.2 Å². The highest BCUT2D eigenvalue weighted by Crippen LogP contribution is 2.36. The summed E-state index contributed by atoms with van der Waals surface area (Å²) in [6, 6.07) is 0. The molecule has 4 aliphatic heterocycles. The lowest BCUT2D eigenvalue weighted by molar-refractivity contribution is -0.130. The van der Waals surface area contributed by atoms with E-state index in [1.54, 1.807) is 22.2 Å². The summed E-state index contributed by atoms with van der Waals surface area (Å²) in [5.41, 5.74) is 0.531. The number of aliphatic hydroxyl groups excluding tert-OH is 2. The molecule has 12 heteroatoms. The average molecular weight is 550 g/mol. The fourth-order valence-corrected chi connectivity index (χ4v) is 5.58. The molecule has 3 N–H and O–H groups in total. The third-order valence-electron chi connectivity index (χ3n) is 7.34. The highest BCUT2D eigenvalue weighted by atomic mass is 32.1. The van der Waals surface area contributed by atoms with E-state index in [1.807, 2.05) is 12.3 Å². The molecular weight excluding hydrogens is 513 g/mol. The van der Waals surface area contributed by atoms with E-state index < -0.39 is 18.5 Å². The fourth-order valence-electron chi connectivity index (χ4n) is 4.94. The summed E-state index contributed by atoms with van der Waals surface area (Å²) in [6.45, 7) is 6.00. The summed E-state index contributed by atoms with van der Waals surface area (Å²) in [7, 11) is 0. The number of aliphatic hydroxyl groups is 2. The summed E-state index contributed by atoms with van der Waals surface area (Å²) < 4.78 is 26.3. The van der Waals surface area contributed by atoms with Gasteiger partial charge in [0, 0.05) is 62.4 Å². The lowest BCUT2D eigenvalue weighted by atomic mass is 9.97. The number of carbonyl (C=O) groups excluding carboxylic acids is 1. The molecule has 5 atom stereocenters. The second-order valence-electron chi connectivity index (χ2n) is 10.5. The van der Waals surface area contributed by atoms with Crippen LogP contribution in [0.3, 0.4) is 0 Å². The SMILES string of the molecule is CCC/C(F)=C(\N=C1/CC(O)C(C2OC2O)=CN1c1nccs1)N1CC(C(=O)NCC2CCC(C)CO2)C1. The van der Waals surface area contributed by atoms with Crippen LogP contribution in [0.25, 0.3) is 0 Å². The van der Waals surface area contributed by atoms with Crippen molar-refractivity contribution in [3.63, 3.8) is 0 Å². The Hall–Kier alpha value is -2.38. The number of nitrogens with zero attached hydrogens (tertiary/aromatic N) is 4. The molecule has 1 aromatic heterocycles. The fraction of sp³-hybridized carbons (Fsp3) is 0.654. The van der Waals surface area contributed by atoms with Gasteiger partial charge in [-0.15, -0.1) is 11.3 Å². The molecule has 4 aliphatic rings. The molecule has 5 unspecified atom stereocenters. The van der Waals surface area contributed by atoms with Gasteiger partial charge in [0.05, 0.1) is 18.1 Å². The Labute approximate surface area is 225 Å². The molecule has 3 saturated heterocycles. The number of aromatic nitrogens is 1. The number of amidine groups is 1. The first kappa shape index (κ1) is 27.2. The summed E-state index contributed by atoms with van der Waals surface area (Å²) >= 11 is 1.38. The normalized spacial score (nSPS) is 31.6. The molecule has 0 aliphatic carbocycles. The van der Waals surface area contributed by atoms with Crippen molar-refractivity contribution in [3.8, 4) is 0 Å². The highest BCUT2D eigenvalue weighted by Gasteiger charge is 2.45. The number of likely N-dealkylation sites (tertiary alicyclic amines) is 1. The van der Waals surface area contributed by atoms with Crippen LogP contribution in [-0.2, 0) is 14.3 Å². The van der Waals surface area contributed by atoms with Crippen molar-refractivity contribution in [2.75, 3.05) is 31.1 Å². The Morgan fingerprint density at radius 3 is 2.76 bits per heavy atom. The van der Waals surface area contributed by atoms with Gasteiger partial charge in [-0.1, -0.05) is 13.8 Å². The van der Waals surface area contributed by atoms with Gasteiger partial charge < -0.3 is 29.9 Å². The summed E-state index contributed by atoms with van der Waals surface area (Å²) in [5, 5.41) is 25.9. The number of hydrogen-bond donors (Lipinski definition) is 3.